The number of carbonyl (C=O) groups is 1. The third-order valence-electron chi connectivity index (χ3n) is 5.57. The monoisotopic (exact) mass is 398 g/mol. The van der Waals surface area contributed by atoms with Crippen LogP contribution >= 0.6 is 0 Å². The molecule has 1 aliphatic rings. The van der Waals surface area contributed by atoms with Gasteiger partial charge in [0.05, 0.1) is 5.69 Å². The zero-order valence-electron chi connectivity index (χ0n) is 18.4. The number of pyridine rings is 1. The van der Waals surface area contributed by atoms with Crippen LogP contribution in [-0.2, 0) is 16.7 Å². The van der Waals surface area contributed by atoms with Gasteiger partial charge in [-0.05, 0) is 44.7 Å². The van der Waals surface area contributed by atoms with E-state index in [1.807, 2.05) is 26.0 Å². The predicted molar refractivity (Wildman–Crippen MR) is 115 cm³/mol. The van der Waals surface area contributed by atoms with Crippen molar-refractivity contribution in [1.82, 2.24) is 19.4 Å². The molecule has 0 N–H and O–H groups in total. The third kappa shape index (κ3) is 5.04. The molecule has 0 saturated carbocycles. The van der Waals surface area contributed by atoms with Crippen molar-refractivity contribution < 1.29 is 9.53 Å². The van der Waals surface area contributed by atoms with E-state index in [0.717, 1.165) is 49.7 Å². The van der Waals surface area contributed by atoms with E-state index in [2.05, 4.69) is 36.5 Å². The van der Waals surface area contributed by atoms with Gasteiger partial charge in [-0.1, -0.05) is 20.8 Å². The first kappa shape index (κ1) is 21.5. The fraction of sp³-hybridized carbons (Fsp3) is 0.609. The molecule has 1 amide bonds. The lowest BCUT2D eigenvalue weighted by molar-refractivity contribution is 0.0607. The largest absolute Gasteiger partial charge is 0.381 e. The molecular formula is C23H34N4O2. The summed E-state index contributed by atoms with van der Waals surface area (Å²) in [6, 6.07) is 3.81. The van der Waals surface area contributed by atoms with Crippen LogP contribution in [0.1, 0.15) is 63.8 Å². The maximum Gasteiger partial charge on any atom is 0.272 e. The molecule has 0 aromatic carbocycles. The number of ether oxygens (including phenoxy) is 1. The van der Waals surface area contributed by atoms with Gasteiger partial charge in [-0.2, -0.15) is 0 Å². The Morgan fingerprint density at radius 1 is 1.24 bits per heavy atom. The topological polar surface area (TPSA) is 60.2 Å². The Balaban J connectivity index is 1.92. The van der Waals surface area contributed by atoms with Crippen molar-refractivity contribution in [3.05, 3.63) is 36.0 Å². The van der Waals surface area contributed by atoms with Crippen molar-refractivity contribution in [2.45, 2.75) is 59.4 Å². The molecule has 0 atom stereocenters. The lowest BCUT2D eigenvalue weighted by atomic mass is 9.94. The summed E-state index contributed by atoms with van der Waals surface area (Å²) in [7, 11) is 0. The van der Waals surface area contributed by atoms with E-state index >= 15 is 0 Å². The summed E-state index contributed by atoms with van der Waals surface area (Å²) in [4.78, 5) is 23.8. The summed E-state index contributed by atoms with van der Waals surface area (Å²) in [5.41, 5.74) is 2.25. The van der Waals surface area contributed by atoms with Crippen molar-refractivity contribution in [2.75, 3.05) is 26.3 Å². The second kappa shape index (κ2) is 9.08. The standard InChI is InChI=1S/C23H34N4O2/c1-6-26(7-2)21(28)19-14-18(8-11-24-19)20-16-27(22(25-20)23(3,4)5)15-17-9-12-29-13-10-17/h8,11,14,16-17H,6-7,9-10,12-13,15H2,1-5H3. The molecule has 0 aliphatic carbocycles. The van der Waals surface area contributed by atoms with Crippen molar-refractivity contribution in [1.29, 1.82) is 0 Å². The molecule has 29 heavy (non-hydrogen) atoms. The zero-order chi connectivity index (χ0) is 21.0. The van der Waals surface area contributed by atoms with Crippen LogP contribution in [0.4, 0.5) is 0 Å². The van der Waals surface area contributed by atoms with Gasteiger partial charge >= 0.3 is 0 Å². The second-order valence-electron chi connectivity index (χ2n) is 8.82. The van der Waals surface area contributed by atoms with Crippen molar-refractivity contribution in [3.8, 4) is 11.3 Å². The maximum atomic E-state index is 12.7. The van der Waals surface area contributed by atoms with E-state index in [4.69, 9.17) is 9.72 Å². The summed E-state index contributed by atoms with van der Waals surface area (Å²) in [5.74, 6) is 1.66. The highest BCUT2D eigenvalue weighted by molar-refractivity contribution is 5.93. The minimum absolute atomic E-state index is 0.0328. The highest BCUT2D eigenvalue weighted by Gasteiger charge is 2.25. The Bertz CT molecular complexity index is 828. The Labute approximate surface area is 174 Å². The minimum Gasteiger partial charge on any atom is -0.381 e. The number of nitrogens with zero attached hydrogens (tertiary/aromatic N) is 4. The Kier molecular flexibility index (Phi) is 6.73. The van der Waals surface area contributed by atoms with Crippen LogP contribution in [0.5, 0.6) is 0 Å². The summed E-state index contributed by atoms with van der Waals surface area (Å²) in [5, 5.41) is 0. The summed E-state index contributed by atoms with van der Waals surface area (Å²) < 4.78 is 7.82. The van der Waals surface area contributed by atoms with E-state index < -0.39 is 0 Å². The molecule has 2 aromatic rings. The molecule has 1 saturated heterocycles. The molecule has 1 fully saturated rings. The van der Waals surface area contributed by atoms with Crippen LogP contribution in [0, 0.1) is 5.92 Å². The zero-order valence-corrected chi connectivity index (χ0v) is 18.4. The van der Waals surface area contributed by atoms with Crippen molar-refractivity contribution in [3.63, 3.8) is 0 Å². The van der Waals surface area contributed by atoms with Gasteiger partial charge in [-0.3, -0.25) is 9.78 Å². The molecule has 6 nitrogen and oxygen atoms in total. The molecule has 0 radical (unpaired) electrons. The van der Waals surface area contributed by atoms with Gasteiger partial charge in [0.15, 0.2) is 0 Å². The van der Waals surface area contributed by atoms with Crippen LogP contribution in [-0.4, -0.2) is 51.6 Å². The predicted octanol–water partition coefficient (Wildman–Crippen LogP) is 4.15. The smallest absolute Gasteiger partial charge is 0.272 e. The first-order valence-corrected chi connectivity index (χ1v) is 10.7. The van der Waals surface area contributed by atoms with E-state index in [9.17, 15) is 4.79 Å². The number of amides is 1. The normalized spacial score (nSPS) is 15.5. The molecule has 0 unspecified atom stereocenters. The van der Waals surface area contributed by atoms with E-state index in [-0.39, 0.29) is 11.3 Å². The first-order chi connectivity index (χ1) is 13.8. The Morgan fingerprint density at radius 3 is 2.55 bits per heavy atom. The van der Waals surface area contributed by atoms with Crippen molar-refractivity contribution >= 4 is 5.91 Å². The van der Waals surface area contributed by atoms with E-state index in [1.165, 1.54) is 0 Å². The summed E-state index contributed by atoms with van der Waals surface area (Å²) >= 11 is 0. The molecule has 3 heterocycles. The summed E-state index contributed by atoms with van der Waals surface area (Å²) in [6.07, 6.45) is 6.03. The average Bonchev–Trinajstić information content (AvgIpc) is 3.14. The SMILES string of the molecule is CCN(CC)C(=O)c1cc(-c2cn(CC3CCOCC3)c(C(C)(C)C)n2)ccn1. The number of carbonyl (C=O) groups excluding carboxylic acids is 1. The van der Waals surface area contributed by atoms with Crippen molar-refractivity contribution in [2.24, 2.45) is 5.92 Å². The average molecular weight is 399 g/mol. The van der Waals surface area contributed by atoms with E-state index in [0.29, 0.717) is 24.7 Å². The molecule has 0 bridgehead atoms. The molecule has 0 spiro atoms. The quantitative estimate of drug-likeness (QED) is 0.733. The Hall–Kier alpha value is -2.21. The second-order valence-corrected chi connectivity index (χ2v) is 8.82. The molecule has 158 valence electrons. The maximum absolute atomic E-state index is 12.7. The molecule has 3 rings (SSSR count). The highest BCUT2D eigenvalue weighted by atomic mass is 16.5. The molecule has 1 aliphatic heterocycles. The summed E-state index contributed by atoms with van der Waals surface area (Å²) in [6.45, 7) is 14.6. The van der Waals surface area contributed by atoms with Crippen LogP contribution in [0.25, 0.3) is 11.3 Å². The van der Waals surface area contributed by atoms with Gasteiger partial charge in [0.25, 0.3) is 5.91 Å². The lowest BCUT2D eigenvalue weighted by Gasteiger charge is -2.25. The van der Waals surface area contributed by atoms with Gasteiger partial charge in [0, 0.05) is 56.2 Å². The Morgan fingerprint density at radius 2 is 1.93 bits per heavy atom. The highest BCUT2D eigenvalue weighted by Crippen LogP contribution is 2.29. The molecule has 6 heteroatoms. The van der Waals surface area contributed by atoms with E-state index in [1.54, 1.807) is 11.1 Å². The number of aromatic nitrogens is 3. The van der Waals surface area contributed by atoms with Gasteiger partial charge < -0.3 is 14.2 Å². The fourth-order valence-electron chi connectivity index (χ4n) is 3.88. The number of hydrogen-bond acceptors (Lipinski definition) is 4. The first-order valence-electron chi connectivity index (χ1n) is 10.7. The lowest BCUT2D eigenvalue weighted by Crippen LogP contribution is -2.31. The van der Waals surface area contributed by atoms with Gasteiger partial charge in [-0.15, -0.1) is 0 Å². The molecule has 2 aromatic heterocycles. The number of imidazole rings is 1. The van der Waals surface area contributed by atoms with Gasteiger partial charge in [0.1, 0.15) is 11.5 Å². The third-order valence-corrected chi connectivity index (χ3v) is 5.57. The number of rotatable bonds is 6. The minimum atomic E-state index is -0.0592. The van der Waals surface area contributed by atoms with Crippen LogP contribution in [0.2, 0.25) is 0 Å². The molecular weight excluding hydrogens is 364 g/mol. The van der Waals surface area contributed by atoms with Gasteiger partial charge in [0.2, 0.25) is 0 Å². The fourth-order valence-corrected chi connectivity index (χ4v) is 3.88. The van der Waals surface area contributed by atoms with Crippen LogP contribution in [0.3, 0.4) is 0 Å². The number of hydrogen-bond donors (Lipinski definition) is 0. The van der Waals surface area contributed by atoms with Crippen LogP contribution in [0.15, 0.2) is 24.5 Å². The van der Waals surface area contributed by atoms with Gasteiger partial charge in [-0.25, -0.2) is 4.98 Å². The van der Waals surface area contributed by atoms with Crippen LogP contribution < -0.4 is 0 Å².